The fourth-order valence-corrected chi connectivity index (χ4v) is 5.47. The Hall–Kier alpha value is -4.12. The summed E-state index contributed by atoms with van der Waals surface area (Å²) in [6.45, 7) is 2.85. The summed E-state index contributed by atoms with van der Waals surface area (Å²) in [5.74, 6) is -1.71. The summed E-state index contributed by atoms with van der Waals surface area (Å²) in [6, 6.07) is 33.0. The van der Waals surface area contributed by atoms with Crippen molar-refractivity contribution in [1.82, 2.24) is 14.6 Å². The number of rotatable bonds is 11. The predicted molar refractivity (Wildman–Crippen MR) is 157 cm³/mol. The van der Waals surface area contributed by atoms with E-state index in [4.69, 9.17) is 24.7 Å². The maximum atomic E-state index is 12.6. The van der Waals surface area contributed by atoms with Crippen LogP contribution in [0.4, 0.5) is 5.82 Å². The molecule has 5 aromatic rings. The van der Waals surface area contributed by atoms with Gasteiger partial charge < -0.3 is 29.8 Å². The number of fused-ring (bicyclic) bond motifs is 1. The molecular weight excluding hydrogens is 532 g/mol. The maximum Gasteiger partial charge on any atom is 0.243 e. The number of ether oxygens (including phenoxy) is 4. The van der Waals surface area contributed by atoms with Gasteiger partial charge in [-0.15, -0.1) is 0 Å². The number of nitrogens with two attached hydrogens (primary N) is 1. The molecule has 1 fully saturated rings. The van der Waals surface area contributed by atoms with Gasteiger partial charge in [-0.05, 0) is 35.7 Å². The van der Waals surface area contributed by atoms with Crippen LogP contribution < -0.4 is 5.73 Å². The Labute approximate surface area is 244 Å². The van der Waals surface area contributed by atoms with E-state index in [1.54, 1.807) is 12.1 Å². The van der Waals surface area contributed by atoms with Crippen LogP contribution in [0, 0.1) is 0 Å². The van der Waals surface area contributed by atoms with Crippen LogP contribution in [0.5, 0.6) is 0 Å². The lowest BCUT2D eigenvalue weighted by Gasteiger charge is -2.40. The zero-order chi connectivity index (χ0) is 29.0. The van der Waals surface area contributed by atoms with Gasteiger partial charge in [0.25, 0.3) is 0 Å². The van der Waals surface area contributed by atoms with Gasteiger partial charge in [-0.3, -0.25) is 0 Å². The van der Waals surface area contributed by atoms with Crippen LogP contribution in [0.2, 0.25) is 0 Å². The Morgan fingerprint density at radius 3 is 2.07 bits per heavy atom. The minimum atomic E-state index is -1.99. The van der Waals surface area contributed by atoms with Crippen LogP contribution in [-0.4, -0.2) is 44.1 Å². The van der Waals surface area contributed by atoms with Crippen molar-refractivity contribution in [3.05, 3.63) is 132 Å². The van der Waals surface area contributed by atoms with Crippen molar-refractivity contribution in [2.45, 2.75) is 50.3 Å². The summed E-state index contributed by atoms with van der Waals surface area (Å²) < 4.78 is 27.4. The van der Waals surface area contributed by atoms with Crippen molar-refractivity contribution in [1.29, 1.82) is 0 Å². The number of hydrogen-bond donors (Lipinski definition) is 2. The third-order valence-corrected chi connectivity index (χ3v) is 7.75. The number of nitrogens with zero attached hydrogens (tertiary/aromatic N) is 3. The Morgan fingerprint density at radius 1 is 0.833 bits per heavy atom. The van der Waals surface area contributed by atoms with Gasteiger partial charge in [-0.1, -0.05) is 91.0 Å². The monoisotopic (exact) mass is 566 g/mol. The topological polar surface area (TPSA) is 113 Å². The molecule has 0 amide bonds. The van der Waals surface area contributed by atoms with E-state index in [-0.39, 0.29) is 25.6 Å². The van der Waals surface area contributed by atoms with Crippen molar-refractivity contribution >= 4 is 11.3 Å². The van der Waals surface area contributed by atoms with E-state index in [1.165, 1.54) is 10.8 Å². The highest BCUT2D eigenvalue weighted by Crippen LogP contribution is 2.50. The summed E-state index contributed by atoms with van der Waals surface area (Å²) >= 11 is 0. The standard InChI is InChI=1S/C33H34N4O5/c1-32(41-21-26-15-9-4-10-16-26)30(40-20-25-13-7-3-8-14-25)28(22-39-19-24-11-5-2-6-12-24)42-33(32,38)29-18-17-27-31(34)35-23-36-37(27)29/h2-18,23,28,30,38H,19-22H2,1H3,(H2,34,35,36)/t28-,30?,32-,33?/m1/s1. The molecule has 0 aliphatic carbocycles. The lowest BCUT2D eigenvalue weighted by atomic mass is 9.87. The van der Waals surface area contributed by atoms with E-state index in [0.29, 0.717) is 17.8 Å². The molecule has 0 spiro atoms. The Kier molecular flexibility index (Phi) is 8.01. The molecule has 42 heavy (non-hydrogen) atoms. The van der Waals surface area contributed by atoms with Crippen LogP contribution in [-0.2, 0) is 44.6 Å². The molecule has 0 radical (unpaired) electrons. The maximum absolute atomic E-state index is 12.6. The number of nitrogen functional groups attached to an aromatic ring is 1. The lowest BCUT2D eigenvalue weighted by molar-refractivity contribution is -0.294. The number of anilines is 1. The summed E-state index contributed by atoms with van der Waals surface area (Å²) in [7, 11) is 0. The highest BCUT2D eigenvalue weighted by molar-refractivity contribution is 5.65. The third kappa shape index (κ3) is 5.40. The predicted octanol–water partition coefficient (Wildman–Crippen LogP) is 4.63. The summed E-state index contributed by atoms with van der Waals surface area (Å²) in [4.78, 5) is 4.09. The fourth-order valence-electron chi connectivity index (χ4n) is 5.47. The Balaban J connectivity index is 1.38. The zero-order valence-electron chi connectivity index (χ0n) is 23.4. The molecule has 1 saturated heterocycles. The molecule has 4 atom stereocenters. The largest absolute Gasteiger partial charge is 0.382 e. The van der Waals surface area contributed by atoms with Gasteiger partial charge >= 0.3 is 0 Å². The first-order valence-corrected chi connectivity index (χ1v) is 13.9. The second-order valence-corrected chi connectivity index (χ2v) is 10.6. The average Bonchev–Trinajstić information content (AvgIpc) is 3.55. The summed E-state index contributed by atoms with van der Waals surface area (Å²) in [5, 5.41) is 17.0. The number of hydrogen-bond acceptors (Lipinski definition) is 8. The molecule has 2 unspecified atom stereocenters. The second-order valence-electron chi connectivity index (χ2n) is 10.6. The van der Waals surface area contributed by atoms with E-state index < -0.39 is 23.6 Å². The molecule has 9 nitrogen and oxygen atoms in total. The molecule has 6 rings (SSSR count). The van der Waals surface area contributed by atoms with E-state index in [9.17, 15) is 5.11 Å². The SMILES string of the molecule is C[C@@]1(OCc2ccccc2)C(OCc2ccccc2)[C@@H](COCc2ccccc2)OC1(O)c1ccc2c(N)ncnn12. The van der Waals surface area contributed by atoms with Gasteiger partial charge in [0.1, 0.15) is 29.7 Å². The van der Waals surface area contributed by atoms with Crippen LogP contribution >= 0.6 is 0 Å². The molecule has 1 aliphatic rings. The molecule has 1 aliphatic heterocycles. The first-order valence-electron chi connectivity index (χ1n) is 13.9. The molecule has 3 N–H and O–H groups in total. The molecule has 3 aromatic carbocycles. The van der Waals surface area contributed by atoms with Crippen molar-refractivity contribution in [3.8, 4) is 0 Å². The minimum absolute atomic E-state index is 0.154. The zero-order valence-corrected chi connectivity index (χ0v) is 23.4. The molecule has 3 heterocycles. The van der Waals surface area contributed by atoms with E-state index >= 15 is 0 Å². The fraction of sp³-hybridized carbons (Fsp3) is 0.273. The van der Waals surface area contributed by atoms with Crippen molar-refractivity contribution in [2.75, 3.05) is 12.3 Å². The molecular formula is C33H34N4O5. The molecule has 0 saturated carbocycles. The van der Waals surface area contributed by atoms with E-state index in [1.807, 2.05) is 97.9 Å². The van der Waals surface area contributed by atoms with Crippen LogP contribution in [0.3, 0.4) is 0 Å². The smallest absolute Gasteiger partial charge is 0.243 e. The normalized spacial score (nSPS) is 23.9. The number of aliphatic hydroxyl groups is 1. The molecule has 216 valence electrons. The molecule has 9 heteroatoms. The van der Waals surface area contributed by atoms with Crippen molar-refractivity contribution in [2.24, 2.45) is 0 Å². The Morgan fingerprint density at radius 2 is 1.43 bits per heavy atom. The van der Waals surface area contributed by atoms with Gasteiger partial charge in [-0.25, -0.2) is 9.50 Å². The van der Waals surface area contributed by atoms with Crippen LogP contribution in [0.25, 0.3) is 5.52 Å². The van der Waals surface area contributed by atoms with E-state index in [0.717, 1.165) is 16.7 Å². The van der Waals surface area contributed by atoms with Gasteiger partial charge in [0.15, 0.2) is 11.4 Å². The van der Waals surface area contributed by atoms with Gasteiger partial charge in [0, 0.05) is 0 Å². The highest BCUT2D eigenvalue weighted by atomic mass is 16.7. The van der Waals surface area contributed by atoms with Crippen LogP contribution in [0.15, 0.2) is 109 Å². The first-order chi connectivity index (χ1) is 20.5. The van der Waals surface area contributed by atoms with Crippen LogP contribution in [0.1, 0.15) is 29.3 Å². The van der Waals surface area contributed by atoms with Gasteiger partial charge in [0.2, 0.25) is 5.79 Å². The second kappa shape index (κ2) is 12.0. The quantitative estimate of drug-likeness (QED) is 0.238. The van der Waals surface area contributed by atoms with Crippen molar-refractivity contribution in [3.63, 3.8) is 0 Å². The van der Waals surface area contributed by atoms with Gasteiger partial charge in [0.05, 0.1) is 26.4 Å². The summed E-state index contributed by atoms with van der Waals surface area (Å²) in [6.07, 6.45) is -0.0734. The molecule has 2 aromatic heterocycles. The lowest BCUT2D eigenvalue weighted by Crippen LogP contribution is -2.55. The van der Waals surface area contributed by atoms with Crippen molar-refractivity contribution < 1.29 is 24.1 Å². The number of benzene rings is 3. The summed E-state index contributed by atoms with van der Waals surface area (Å²) in [5.41, 5.74) is 8.58. The van der Waals surface area contributed by atoms with Gasteiger partial charge in [-0.2, -0.15) is 5.10 Å². The third-order valence-electron chi connectivity index (χ3n) is 7.75. The molecule has 0 bridgehead atoms. The number of aromatic nitrogens is 3. The van der Waals surface area contributed by atoms with E-state index in [2.05, 4.69) is 10.1 Å². The first kappa shape index (κ1) is 28.0. The average molecular weight is 567 g/mol. The minimum Gasteiger partial charge on any atom is -0.382 e. The Bertz CT molecular complexity index is 1600. The highest BCUT2D eigenvalue weighted by Gasteiger charge is 2.67.